The molecular weight excluding hydrogens is 327 g/mol. The molecule has 6 heteroatoms. The van der Waals surface area contributed by atoms with Crippen molar-refractivity contribution in [1.29, 1.82) is 0 Å². The van der Waals surface area contributed by atoms with Crippen molar-refractivity contribution >= 4 is 17.5 Å². The summed E-state index contributed by atoms with van der Waals surface area (Å²) in [5.74, 6) is -0.211. The molecule has 0 aliphatic rings. The van der Waals surface area contributed by atoms with Gasteiger partial charge in [-0.05, 0) is 41.8 Å². The van der Waals surface area contributed by atoms with Gasteiger partial charge in [0.05, 0.1) is 5.56 Å². The number of aryl methyl sites for hydroxylation is 1. The van der Waals surface area contributed by atoms with Crippen LogP contribution in [0.15, 0.2) is 48.5 Å². The van der Waals surface area contributed by atoms with Crippen LogP contribution in [-0.4, -0.2) is 5.91 Å². The van der Waals surface area contributed by atoms with E-state index in [0.717, 1.165) is 17.7 Å². The van der Waals surface area contributed by atoms with Gasteiger partial charge in [0.15, 0.2) is 0 Å². The van der Waals surface area contributed by atoms with Crippen molar-refractivity contribution in [3.8, 4) is 0 Å². The summed E-state index contributed by atoms with van der Waals surface area (Å²) in [4.78, 5) is 11.8. The van der Waals surface area contributed by atoms with Crippen molar-refractivity contribution in [2.24, 2.45) is 0 Å². The van der Waals surface area contributed by atoms with Crippen LogP contribution in [0.4, 0.5) is 13.2 Å². The average Bonchev–Trinajstić information content (AvgIpc) is 2.52. The van der Waals surface area contributed by atoms with Gasteiger partial charge >= 0.3 is 6.18 Å². The molecular formula is C17H15ClF3NO. The van der Waals surface area contributed by atoms with Crippen LogP contribution in [0.3, 0.4) is 0 Å². The maximum atomic E-state index is 12.6. The van der Waals surface area contributed by atoms with Crippen LogP contribution < -0.4 is 5.32 Å². The van der Waals surface area contributed by atoms with Crippen molar-refractivity contribution in [2.45, 2.75) is 25.6 Å². The molecule has 23 heavy (non-hydrogen) atoms. The number of hydrogen-bond acceptors (Lipinski definition) is 1. The van der Waals surface area contributed by atoms with Gasteiger partial charge in [0.25, 0.3) is 0 Å². The molecule has 2 aromatic rings. The fourth-order valence-electron chi connectivity index (χ4n) is 2.06. The van der Waals surface area contributed by atoms with E-state index in [9.17, 15) is 18.0 Å². The molecule has 0 bridgehead atoms. The molecule has 0 aromatic heterocycles. The molecule has 122 valence electrons. The van der Waals surface area contributed by atoms with Crippen LogP contribution in [0, 0.1) is 0 Å². The van der Waals surface area contributed by atoms with E-state index in [-0.39, 0.29) is 18.9 Å². The van der Waals surface area contributed by atoms with Crippen molar-refractivity contribution in [2.75, 3.05) is 0 Å². The minimum Gasteiger partial charge on any atom is -0.352 e. The Morgan fingerprint density at radius 3 is 2.39 bits per heavy atom. The molecule has 0 fully saturated rings. The van der Waals surface area contributed by atoms with Gasteiger partial charge in [0, 0.05) is 18.0 Å². The molecule has 0 spiro atoms. The van der Waals surface area contributed by atoms with Gasteiger partial charge in [-0.2, -0.15) is 13.2 Å². The van der Waals surface area contributed by atoms with Gasteiger partial charge in [0.2, 0.25) is 5.91 Å². The smallest absolute Gasteiger partial charge is 0.352 e. The molecule has 0 heterocycles. The Morgan fingerprint density at radius 2 is 1.74 bits per heavy atom. The zero-order valence-electron chi connectivity index (χ0n) is 12.2. The number of nitrogens with one attached hydrogen (secondary N) is 1. The third kappa shape index (κ3) is 5.60. The van der Waals surface area contributed by atoms with Gasteiger partial charge in [-0.1, -0.05) is 35.9 Å². The van der Waals surface area contributed by atoms with Crippen LogP contribution in [-0.2, 0) is 23.9 Å². The zero-order chi connectivity index (χ0) is 16.9. The predicted octanol–water partition coefficient (Wildman–Crippen LogP) is 4.61. The predicted molar refractivity (Wildman–Crippen MR) is 83.1 cm³/mol. The van der Waals surface area contributed by atoms with Gasteiger partial charge in [-0.15, -0.1) is 0 Å². The maximum absolute atomic E-state index is 12.6. The largest absolute Gasteiger partial charge is 0.416 e. The van der Waals surface area contributed by atoms with E-state index in [1.54, 1.807) is 18.2 Å². The molecule has 1 N–H and O–H groups in total. The molecule has 0 aliphatic carbocycles. The second-order valence-corrected chi connectivity index (χ2v) is 5.54. The van der Waals surface area contributed by atoms with E-state index in [1.807, 2.05) is 12.1 Å². The highest BCUT2D eigenvalue weighted by molar-refractivity contribution is 6.30. The lowest BCUT2D eigenvalue weighted by Gasteiger charge is -2.09. The maximum Gasteiger partial charge on any atom is 0.416 e. The van der Waals surface area contributed by atoms with Gasteiger partial charge in [0.1, 0.15) is 0 Å². The first-order valence-electron chi connectivity index (χ1n) is 7.02. The van der Waals surface area contributed by atoms with Gasteiger partial charge in [-0.25, -0.2) is 0 Å². The molecule has 0 radical (unpaired) electrons. The third-order valence-corrected chi connectivity index (χ3v) is 3.55. The molecule has 2 nitrogen and oxygen atoms in total. The fraction of sp³-hybridized carbons (Fsp3) is 0.235. The first-order chi connectivity index (χ1) is 10.8. The summed E-state index contributed by atoms with van der Waals surface area (Å²) in [6.45, 7) is 0.0728. The summed E-state index contributed by atoms with van der Waals surface area (Å²) in [6.07, 6.45) is -3.57. The second-order valence-electron chi connectivity index (χ2n) is 5.10. The number of carbonyl (C=O) groups excluding carboxylic acids is 1. The highest BCUT2D eigenvalue weighted by atomic mass is 35.5. The zero-order valence-corrected chi connectivity index (χ0v) is 12.9. The molecule has 0 saturated heterocycles. The Morgan fingerprint density at radius 1 is 1.04 bits per heavy atom. The number of halogens is 4. The van der Waals surface area contributed by atoms with E-state index in [2.05, 4.69) is 5.32 Å². The summed E-state index contributed by atoms with van der Waals surface area (Å²) < 4.78 is 37.8. The summed E-state index contributed by atoms with van der Waals surface area (Å²) in [5, 5.41) is 3.25. The first kappa shape index (κ1) is 17.3. The van der Waals surface area contributed by atoms with Crippen LogP contribution in [0.1, 0.15) is 23.1 Å². The highest BCUT2D eigenvalue weighted by Crippen LogP contribution is 2.29. The molecule has 0 unspecified atom stereocenters. The lowest BCUT2D eigenvalue weighted by atomic mass is 10.1. The quantitative estimate of drug-likeness (QED) is 0.845. The SMILES string of the molecule is O=C(CCc1ccc(Cl)cc1)NCc1cccc(C(F)(F)F)c1. The fourth-order valence-corrected chi connectivity index (χ4v) is 2.18. The monoisotopic (exact) mass is 341 g/mol. The van der Waals surface area contributed by atoms with Crippen molar-refractivity contribution in [3.05, 3.63) is 70.2 Å². The minimum atomic E-state index is -4.38. The molecule has 0 saturated carbocycles. The van der Waals surface area contributed by atoms with Gasteiger partial charge < -0.3 is 5.32 Å². The third-order valence-electron chi connectivity index (χ3n) is 3.30. The Kier molecular flexibility index (Phi) is 5.66. The second kappa shape index (κ2) is 7.51. The van der Waals surface area contributed by atoms with Crippen molar-refractivity contribution in [3.63, 3.8) is 0 Å². The van der Waals surface area contributed by atoms with Crippen molar-refractivity contribution < 1.29 is 18.0 Å². The number of alkyl halides is 3. The Bertz CT molecular complexity index is 668. The average molecular weight is 342 g/mol. The van der Waals surface area contributed by atoms with E-state index in [4.69, 9.17) is 11.6 Å². The lowest BCUT2D eigenvalue weighted by Crippen LogP contribution is -2.23. The Balaban J connectivity index is 1.83. The summed E-state index contributed by atoms with van der Waals surface area (Å²) in [7, 11) is 0. The number of benzene rings is 2. The first-order valence-corrected chi connectivity index (χ1v) is 7.39. The molecule has 2 rings (SSSR count). The Labute approximate surface area is 137 Å². The van der Waals surface area contributed by atoms with Crippen LogP contribution in [0.2, 0.25) is 5.02 Å². The highest BCUT2D eigenvalue weighted by Gasteiger charge is 2.30. The minimum absolute atomic E-state index is 0.0728. The van der Waals surface area contributed by atoms with Crippen LogP contribution in [0.25, 0.3) is 0 Å². The normalized spacial score (nSPS) is 11.3. The number of carbonyl (C=O) groups is 1. The molecule has 0 aliphatic heterocycles. The topological polar surface area (TPSA) is 29.1 Å². The summed E-state index contributed by atoms with van der Waals surface area (Å²) in [6, 6.07) is 12.1. The van der Waals surface area contributed by atoms with E-state index in [0.29, 0.717) is 17.0 Å². The van der Waals surface area contributed by atoms with E-state index in [1.165, 1.54) is 6.07 Å². The van der Waals surface area contributed by atoms with E-state index < -0.39 is 11.7 Å². The standard InChI is InChI=1S/C17H15ClF3NO/c18-15-7-4-12(5-8-15)6-9-16(23)22-11-13-2-1-3-14(10-13)17(19,20)21/h1-5,7-8,10H,6,9,11H2,(H,22,23). The van der Waals surface area contributed by atoms with Crippen LogP contribution in [0.5, 0.6) is 0 Å². The molecule has 2 aromatic carbocycles. The lowest BCUT2D eigenvalue weighted by molar-refractivity contribution is -0.137. The van der Waals surface area contributed by atoms with E-state index >= 15 is 0 Å². The van der Waals surface area contributed by atoms with Crippen molar-refractivity contribution in [1.82, 2.24) is 5.32 Å². The summed E-state index contributed by atoms with van der Waals surface area (Å²) in [5.41, 5.74) is 0.675. The Hall–Kier alpha value is -2.01. The summed E-state index contributed by atoms with van der Waals surface area (Å²) >= 11 is 5.78. The van der Waals surface area contributed by atoms with Gasteiger partial charge in [-0.3, -0.25) is 4.79 Å². The molecule has 1 amide bonds. The molecule has 0 atom stereocenters. The number of amides is 1. The van der Waals surface area contributed by atoms with Crippen LogP contribution >= 0.6 is 11.6 Å². The number of rotatable bonds is 5. The number of hydrogen-bond donors (Lipinski definition) is 1.